The van der Waals surface area contributed by atoms with Crippen molar-refractivity contribution in [3.8, 4) is 5.75 Å². The van der Waals surface area contributed by atoms with E-state index >= 15 is 0 Å². The van der Waals surface area contributed by atoms with Crippen LogP contribution in [0.5, 0.6) is 5.75 Å². The SMILES string of the molecule is O=C1/C(=C/c2ccc(OCc3ccc(F)cc3)c(Br)c2)SC(=NCc2ccccc2)N1Cc1ccccc1. The van der Waals surface area contributed by atoms with E-state index in [4.69, 9.17) is 9.73 Å². The van der Waals surface area contributed by atoms with Crippen molar-refractivity contribution in [2.45, 2.75) is 19.7 Å². The minimum absolute atomic E-state index is 0.0709. The Kier molecular flexibility index (Phi) is 8.36. The third kappa shape index (κ3) is 6.60. The standard InChI is InChI=1S/C31H24BrFN2O2S/c32-27-17-25(13-16-28(27)37-21-24-11-14-26(33)15-12-24)18-29-30(36)35(20-23-9-5-2-6-10-23)31(38-29)34-19-22-7-3-1-4-8-22/h1-18H,19-21H2/b29-18-,34-31?. The molecule has 1 fully saturated rings. The number of carbonyl (C=O) groups is 1. The number of amidine groups is 1. The number of ether oxygens (including phenoxy) is 1. The number of thioether (sulfide) groups is 1. The molecule has 0 unspecified atom stereocenters. The van der Waals surface area contributed by atoms with Gasteiger partial charge >= 0.3 is 0 Å². The van der Waals surface area contributed by atoms with Gasteiger partial charge in [0.15, 0.2) is 5.17 Å². The lowest BCUT2D eigenvalue weighted by Gasteiger charge is -2.15. The molecule has 0 aromatic heterocycles. The Labute approximate surface area is 234 Å². The van der Waals surface area contributed by atoms with E-state index in [0.717, 1.165) is 26.7 Å². The first-order valence-electron chi connectivity index (χ1n) is 12.1. The van der Waals surface area contributed by atoms with Crippen molar-refractivity contribution in [1.82, 2.24) is 4.90 Å². The predicted molar refractivity (Wildman–Crippen MR) is 155 cm³/mol. The highest BCUT2D eigenvalue weighted by Crippen LogP contribution is 2.35. The topological polar surface area (TPSA) is 41.9 Å². The van der Waals surface area contributed by atoms with E-state index in [1.54, 1.807) is 17.0 Å². The molecule has 190 valence electrons. The van der Waals surface area contributed by atoms with Gasteiger partial charge in [-0.1, -0.05) is 78.9 Å². The van der Waals surface area contributed by atoms with Crippen LogP contribution in [0.1, 0.15) is 22.3 Å². The molecule has 4 aromatic rings. The molecule has 0 aliphatic carbocycles. The molecule has 1 aliphatic heterocycles. The number of benzene rings is 4. The van der Waals surface area contributed by atoms with Crippen molar-refractivity contribution in [3.05, 3.63) is 141 Å². The van der Waals surface area contributed by atoms with Gasteiger partial charge in [0.2, 0.25) is 0 Å². The maximum Gasteiger partial charge on any atom is 0.267 e. The molecule has 4 aromatic carbocycles. The number of carbonyl (C=O) groups excluding carboxylic acids is 1. The predicted octanol–water partition coefficient (Wildman–Crippen LogP) is 7.84. The number of hydrogen-bond acceptors (Lipinski definition) is 4. The average Bonchev–Trinajstić information content (AvgIpc) is 3.22. The van der Waals surface area contributed by atoms with Crippen molar-refractivity contribution in [2.75, 3.05) is 0 Å². The van der Waals surface area contributed by atoms with E-state index in [0.29, 0.717) is 35.5 Å². The number of aliphatic imine (C=N–C) groups is 1. The highest BCUT2D eigenvalue weighted by atomic mass is 79.9. The first-order chi connectivity index (χ1) is 18.5. The molecular weight excluding hydrogens is 563 g/mol. The second-order valence-corrected chi connectivity index (χ2v) is 10.5. The summed E-state index contributed by atoms with van der Waals surface area (Å²) in [6.45, 7) is 1.28. The second kappa shape index (κ2) is 12.2. The molecule has 4 nitrogen and oxygen atoms in total. The lowest BCUT2D eigenvalue weighted by molar-refractivity contribution is -0.122. The van der Waals surface area contributed by atoms with Crippen molar-refractivity contribution < 1.29 is 13.9 Å². The molecule has 1 saturated heterocycles. The Morgan fingerprint density at radius 3 is 2.24 bits per heavy atom. The zero-order valence-electron chi connectivity index (χ0n) is 20.4. The average molecular weight is 588 g/mol. The summed E-state index contributed by atoms with van der Waals surface area (Å²) >= 11 is 4.96. The summed E-state index contributed by atoms with van der Waals surface area (Å²) in [4.78, 5) is 20.6. The largest absolute Gasteiger partial charge is 0.488 e. The van der Waals surface area contributed by atoms with Crippen molar-refractivity contribution in [3.63, 3.8) is 0 Å². The maximum atomic E-state index is 13.5. The molecule has 0 bridgehead atoms. The van der Waals surface area contributed by atoms with Gasteiger partial charge in [-0.05, 0) is 80.3 Å². The highest BCUT2D eigenvalue weighted by Gasteiger charge is 2.33. The summed E-state index contributed by atoms with van der Waals surface area (Å²) < 4.78 is 19.8. The Hall–Kier alpha value is -3.68. The highest BCUT2D eigenvalue weighted by molar-refractivity contribution is 9.10. The molecule has 0 N–H and O–H groups in total. The summed E-state index contributed by atoms with van der Waals surface area (Å²) in [6.07, 6.45) is 1.88. The smallest absolute Gasteiger partial charge is 0.267 e. The number of nitrogens with zero attached hydrogens (tertiary/aromatic N) is 2. The molecule has 38 heavy (non-hydrogen) atoms. The summed E-state index contributed by atoms with van der Waals surface area (Å²) in [7, 11) is 0. The van der Waals surface area contributed by atoms with Crippen LogP contribution in [0, 0.1) is 5.82 Å². The Bertz CT molecular complexity index is 1480. The number of halogens is 2. The first kappa shape index (κ1) is 25.9. The fraction of sp³-hybridized carbons (Fsp3) is 0.0968. The van der Waals surface area contributed by atoms with E-state index in [1.165, 1.54) is 23.9 Å². The molecule has 1 amide bonds. The molecule has 0 radical (unpaired) electrons. The number of amides is 1. The second-order valence-electron chi connectivity index (χ2n) is 8.68. The van der Waals surface area contributed by atoms with Crippen LogP contribution in [-0.4, -0.2) is 16.0 Å². The maximum absolute atomic E-state index is 13.5. The van der Waals surface area contributed by atoms with Crippen molar-refractivity contribution >= 4 is 44.8 Å². The Balaban J connectivity index is 1.34. The van der Waals surface area contributed by atoms with Gasteiger partial charge in [-0.2, -0.15) is 0 Å². The molecule has 5 rings (SSSR count). The van der Waals surface area contributed by atoms with Crippen LogP contribution in [0.3, 0.4) is 0 Å². The van der Waals surface area contributed by atoms with Crippen molar-refractivity contribution in [1.29, 1.82) is 0 Å². The summed E-state index contributed by atoms with van der Waals surface area (Å²) in [5, 5.41) is 0.687. The lowest BCUT2D eigenvalue weighted by Crippen LogP contribution is -2.28. The lowest BCUT2D eigenvalue weighted by atomic mass is 10.2. The molecule has 1 heterocycles. The van der Waals surface area contributed by atoms with Crippen LogP contribution in [-0.2, 0) is 24.5 Å². The molecule has 0 spiro atoms. The number of hydrogen-bond donors (Lipinski definition) is 0. The molecular formula is C31H24BrFN2O2S. The summed E-state index contributed by atoms with van der Waals surface area (Å²) in [5.41, 5.74) is 3.87. The molecule has 0 atom stereocenters. The van der Waals surface area contributed by atoms with E-state index < -0.39 is 0 Å². The van der Waals surface area contributed by atoms with E-state index in [-0.39, 0.29) is 11.7 Å². The Morgan fingerprint density at radius 1 is 0.868 bits per heavy atom. The van der Waals surface area contributed by atoms with Gasteiger partial charge in [0.25, 0.3) is 5.91 Å². The van der Waals surface area contributed by atoms with E-state index in [9.17, 15) is 9.18 Å². The van der Waals surface area contributed by atoms with E-state index in [1.807, 2.05) is 84.9 Å². The fourth-order valence-electron chi connectivity index (χ4n) is 3.89. The van der Waals surface area contributed by atoms with Gasteiger partial charge in [0.1, 0.15) is 18.2 Å². The summed E-state index contributed by atoms with van der Waals surface area (Å²) in [5.74, 6) is 0.318. The van der Waals surface area contributed by atoms with Gasteiger partial charge in [0.05, 0.1) is 22.5 Å². The van der Waals surface area contributed by atoms with Gasteiger partial charge in [-0.3, -0.25) is 14.7 Å². The number of rotatable bonds is 8. The van der Waals surface area contributed by atoms with Crippen LogP contribution in [0.2, 0.25) is 0 Å². The van der Waals surface area contributed by atoms with Gasteiger partial charge in [-0.15, -0.1) is 0 Å². The van der Waals surface area contributed by atoms with Crippen LogP contribution < -0.4 is 4.74 Å². The third-order valence-electron chi connectivity index (χ3n) is 5.87. The van der Waals surface area contributed by atoms with Gasteiger partial charge in [0, 0.05) is 0 Å². The van der Waals surface area contributed by atoms with Gasteiger partial charge in [-0.25, -0.2) is 4.39 Å². The zero-order chi connectivity index (χ0) is 26.3. The molecule has 0 saturated carbocycles. The minimum Gasteiger partial charge on any atom is -0.488 e. The zero-order valence-corrected chi connectivity index (χ0v) is 22.8. The monoisotopic (exact) mass is 586 g/mol. The van der Waals surface area contributed by atoms with Crippen LogP contribution in [0.4, 0.5) is 4.39 Å². The van der Waals surface area contributed by atoms with Crippen LogP contribution >= 0.6 is 27.7 Å². The minimum atomic E-state index is -0.276. The quantitative estimate of drug-likeness (QED) is 0.197. The molecule has 7 heteroatoms. The normalized spacial score (nSPS) is 15.4. The molecule has 1 aliphatic rings. The van der Waals surface area contributed by atoms with Gasteiger partial charge < -0.3 is 4.74 Å². The van der Waals surface area contributed by atoms with Crippen LogP contribution in [0.25, 0.3) is 6.08 Å². The summed E-state index contributed by atoms with van der Waals surface area (Å²) in [6, 6.07) is 31.8. The van der Waals surface area contributed by atoms with E-state index in [2.05, 4.69) is 15.9 Å². The Morgan fingerprint density at radius 2 is 1.55 bits per heavy atom. The van der Waals surface area contributed by atoms with Crippen molar-refractivity contribution in [2.24, 2.45) is 4.99 Å². The first-order valence-corrected chi connectivity index (χ1v) is 13.7. The third-order valence-corrected chi connectivity index (χ3v) is 7.54. The van der Waals surface area contributed by atoms with Crippen LogP contribution in [0.15, 0.2) is 117 Å². The fourth-order valence-corrected chi connectivity index (χ4v) is 5.38.